The van der Waals surface area contributed by atoms with Gasteiger partial charge in [-0.25, -0.2) is 0 Å². The Morgan fingerprint density at radius 3 is 2.15 bits per heavy atom. The van der Waals surface area contributed by atoms with Gasteiger partial charge in [-0.2, -0.15) is 0 Å². The lowest BCUT2D eigenvalue weighted by molar-refractivity contribution is 0.721. The van der Waals surface area contributed by atoms with Crippen molar-refractivity contribution >= 4 is 5.57 Å². The lowest BCUT2D eigenvalue weighted by atomic mass is 9.89. The average molecular weight is 263 g/mol. The van der Waals surface area contributed by atoms with Crippen LogP contribution in [0.1, 0.15) is 23.1 Å². The van der Waals surface area contributed by atoms with Gasteiger partial charge in [0.1, 0.15) is 0 Å². The standard InChI is InChI=1S/C19H21N/c20-12-6-11-19(15-7-2-1-3-8-15)18-13-16-9-4-5-10-17(16)14-18/h1-5,7-11,18H,6,12-14,20H2/b19-11-. The van der Waals surface area contributed by atoms with Gasteiger partial charge in [0, 0.05) is 0 Å². The Morgan fingerprint density at radius 2 is 1.55 bits per heavy atom. The van der Waals surface area contributed by atoms with Crippen LogP contribution < -0.4 is 5.73 Å². The molecule has 0 saturated heterocycles. The van der Waals surface area contributed by atoms with E-state index in [4.69, 9.17) is 5.73 Å². The number of rotatable bonds is 4. The van der Waals surface area contributed by atoms with Gasteiger partial charge in [-0.1, -0.05) is 60.7 Å². The Balaban J connectivity index is 1.89. The van der Waals surface area contributed by atoms with Gasteiger partial charge in [-0.05, 0) is 54.0 Å². The fourth-order valence-electron chi connectivity index (χ4n) is 3.17. The predicted octanol–water partition coefficient (Wildman–Crippen LogP) is 3.83. The van der Waals surface area contributed by atoms with E-state index in [2.05, 4.69) is 60.7 Å². The molecule has 2 N–H and O–H groups in total. The van der Waals surface area contributed by atoms with Crippen molar-refractivity contribution in [3.05, 3.63) is 77.4 Å². The largest absolute Gasteiger partial charge is 0.330 e. The summed E-state index contributed by atoms with van der Waals surface area (Å²) >= 11 is 0. The highest BCUT2D eigenvalue weighted by Gasteiger charge is 2.24. The molecular weight excluding hydrogens is 242 g/mol. The molecule has 0 unspecified atom stereocenters. The van der Waals surface area contributed by atoms with Crippen molar-refractivity contribution in [3.63, 3.8) is 0 Å². The van der Waals surface area contributed by atoms with Gasteiger partial charge in [0.15, 0.2) is 0 Å². The first-order valence-electron chi connectivity index (χ1n) is 7.41. The van der Waals surface area contributed by atoms with Gasteiger partial charge >= 0.3 is 0 Å². The molecule has 0 fully saturated rings. The molecule has 1 aliphatic rings. The SMILES string of the molecule is NCC/C=C(/c1ccccc1)C1Cc2ccccc2C1. The van der Waals surface area contributed by atoms with Gasteiger partial charge in [-0.3, -0.25) is 0 Å². The number of benzene rings is 2. The van der Waals surface area contributed by atoms with Crippen molar-refractivity contribution in [2.45, 2.75) is 19.3 Å². The first kappa shape index (κ1) is 13.1. The van der Waals surface area contributed by atoms with Crippen LogP contribution in [-0.4, -0.2) is 6.54 Å². The second kappa shape index (κ2) is 6.06. The summed E-state index contributed by atoms with van der Waals surface area (Å²) in [4.78, 5) is 0. The molecule has 0 heterocycles. The van der Waals surface area contributed by atoms with E-state index in [1.165, 1.54) is 22.3 Å². The molecule has 2 aromatic rings. The second-order valence-electron chi connectivity index (χ2n) is 5.48. The van der Waals surface area contributed by atoms with Crippen LogP contribution in [0.3, 0.4) is 0 Å². The van der Waals surface area contributed by atoms with E-state index in [0.717, 1.165) is 25.8 Å². The van der Waals surface area contributed by atoms with Crippen molar-refractivity contribution in [2.24, 2.45) is 11.7 Å². The minimum Gasteiger partial charge on any atom is -0.330 e. The molecule has 102 valence electrons. The van der Waals surface area contributed by atoms with Crippen molar-refractivity contribution in [1.29, 1.82) is 0 Å². The summed E-state index contributed by atoms with van der Waals surface area (Å²) in [6.07, 6.45) is 5.60. The molecule has 0 aromatic heterocycles. The Kier molecular flexibility index (Phi) is 3.98. The summed E-state index contributed by atoms with van der Waals surface area (Å²) in [5.74, 6) is 0.598. The minimum absolute atomic E-state index is 0.598. The Labute approximate surface area is 121 Å². The Morgan fingerprint density at radius 1 is 0.950 bits per heavy atom. The first-order chi connectivity index (χ1) is 9.88. The summed E-state index contributed by atoms with van der Waals surface area (Å²) in [6.45, 7) is 0.718. The molecule has 0 bridgehead atoms. The molecule has 20 heavy (non-hydrogen) atoms. The molecule has 1 aliphatic carbocycles. The third-order valence-electron chi connectivity index (χ3n) is 4.13. The molecule has 0 amide bonds. The lowest BCUT2D eigenvalue weighted by Crippen LogP contribution is -2.05. The summed E-state index contributed by atoms with van der Waals surface area (Å²) in [5, 5.41) is 0. The van der Waals surface area contributed by atoms with Gasteiger partial charge in [0.2, 0.25) is 0 Å². The molecule has 0 atom stereocenters. The van der Waals surface area contributed by atoms with E-state index < -0.39 is 0 Å². The van der Waals surface area contributed by atoms with Crippen molar-refractivity contribution in [1.82, 2.24) is 0 Å². The zero-order chi connectivity index (χ0) is 13.8. The number of hydrogen-bond acceptors (Lipinski definition) is 1. The molecule has 0 aliphatic heterocycles. The van der Waals surface area contributed by atoms with Crippen LogP contribution in [0, 0.1) is 5.92 Å². The van der Waals surface area contributed by atoms with Gasteiger partial charge in [-0.15, -0.1) is 0 Å². The maximum Gasteiger partial charge on any atom is -0.00424 e. The molecule has 1 nitrogen and oxygen atoms in total. The van der Waals surface area contributed by atoms with E-state index in [9.17, 15) is 0 Å². The summed E-state index contributed by atoms with van der Waals surface area (Å²) in [6, 6.07) is 19.6. The highest BCUT2D eigenvalue weighted by molar-refractivity contribution is 5.69. The van der Waals surface area contributed by atoms with Gasteiger partial charge in [0.25, 0.3) is 0 Å². The van der Waals surface area contributed by atoms with Crippen LogP contribution in [0.15, 0.2) is 60.7 Å². The van der Waals surface area contributed by atoms with Crippen molar-refractivity contribution in [2.75, 3.05) is 6.54 Å². The molecule has 3 rings (SSSR count). The minimum atomic E-state index is 0.598. The monoisotopic (exact) mass is 263 g/mol. The number of fused-ring (bicyclic) bond motifs is 1. The van der Waals surface area contributed by atoms with Crippen molar-refractivity contribution < 1.29 is 0 Å². The number of nitrogens with two attached hydrogens (primary N) is 1. The predicted molar refractivity (Wildman–Crippen MR) is 85.4 cm³/mol. The molecule has 0 radical (unpaired) electrons. The zero-order valence-corrected chi connectivity index (χ0v) is 11.8. The van der Waals surface area contributed by atoms with Gasteiger partial charge in [0.05, 0.1) is 0 Å². The van der Waals surface area contributed by atoms with E-state index in [0.29, 0.717) is 5.92 Å². The Hall–Kier alpha value is -1.86. The van der Waals surface area contributed by atoms with Crippen LogP contribution in [0.4, 0.5) is 0 Å². The highest BCUT2D eigenvalue weighted by atomic mass is 14.5. The fourth-order valence-corrected chi connectivity index (χ4v) is 3.17. The number of hydrogen-bond donors (Lipinski definition) is 1. The number of allylic oxidation sites excluding steroid dienone is 1. The van der Waals surface area contributed by atoms with Crippen LogP contribution in [0.2, 0.25) is 0 Å². The second-order valence-corrected chi connectivity index (χ2v) is 5.48. The summed E-state index contributed by atoms with van der Waals surface area (Å²) in [7, 11) is 0. The molecule has 0 spiro atoms. The maximum atomic E-state index is 5.69. The normalized spacial score (nSPS) is 15.3. The first-order valence-corrected chi connectivity index (χ1v) is 7.41. The van der Waals surface area contributed by atoms with E-state index in [1.807, 2.05) is 0 Å². The molecule has 2 aromatic carbocycles. The lowest BCUT2D eigenvalue weighted by Gasteiger charge is -2.15. The van der Waals surface area contributed by atoms with Crippen LogP contribution in [-0.2, 0) is 12.8 Å². The maximum absolute atomic E-state index is 5.69. The Bertz CT molecular complexity index is 573. The molecular formula is C19H21N. The third kappa shape index (κ3) is 2.68. The fraction of sp³-hybridized carbons (Fsp3) is 0.263. The summed E-state index contributed by atoms with van der Waals surface area (Å²) in [5.41, 5.74) is 11.5. The van der Waals surface area contributed by atoms with E-state index in [1.54, 1.807) is 0 Å². The van der Waals surface area contributed by atoms with Crippen molar-refractivity contribution in [3.8, 4) is 0 Å². The summed E-state index contributed by atoms with van der Waals surface area (Å²) < 4.78 is 0. The van der Waals surface area contributed by atoms with Crippen LogP contribution in [0.25, 0.3) is 5.57 Å². The third-order valence-corrected chi connectivity index (χ3v) is 4.13. The smallest absolute Gasteiger partial charge is 0.00424 e. The zero-order valence-electron chi connectivity index (χ0n) is 11.8. The van der Waals surface area contributed by atoms with Gasteiger partial charge < -0.3 is 5.73 Å². The highest BCUT2D eigenvalue weighted by Crippen LogP contribution is 2.36. The van der Waals surface area contributed by atoms with Crippen LogP contribution >= 0.6 is 0 Å². The molecule has 1 heteroatoms. The van der Waals surface area contributed by atoms with E-state index >= 15 is 0 Å². The topological polar surface area (TPSA) is 26.0 Å². The average Bonchev–Trinajstić information content (AvgIpc) is 2.92. The quantitative estimate of drug-likeness (QED) is 0.891. The molecule has 0 saturated carbocycles. The van der Waals surface area contributed by atoms with Crippen LogP contribution in [0.5, 0.6) is 0 Å². The van der Waals surface area contributed by atoms with E-state index in [-0.39, 0.29) is 0 Å².